The fourth-order valence-corrected chi connectivity index (χ4v) is 3.33. The summed E-state index contributed by atoms with van der Waals surface area (Å²) in [5.74, 6) is -0.133. The van der Waals surface area contributed by atoms with Crippen LogP contribution in [-0.4, -0.2) is 13.1 Å². The Morgan fingerprint density at radius 1 is 1.36 bits per heavy atom. The highest BCUT2D eigenvalue weighted by Gasteiger charge is 2.64. The Hall–Kier alpha value is -1.05. The van der Waals surface area contributed by atoms with Crippen LogP contribution in [0.5, 0.6) is 0 Å². The monoisotopic (exact) mass is 190 g/mol. The molecule has 0 bridgehead atoms. The van der Waals surface area contributed by atoms with Gasteiger partial charge in [0.15, 0.2) is 0 Å². The summed E-state index contributed by atoms with van der Waals surface area (Å²) in [5, 5.41) is 0. The largest absolute Gasteiger partial charge is 0.466 e. The van der Waals surface area contributed by atoms with E-state index < -0.39 is 0 Å². The lowest BCUT2D eigenvalue weighted by molar-refractivity contribution is -0.140. The SMILES string of the molecule is COC(=O)C1=CC23C=CC12CCCC3. The molecule has 2 nitrogen and oxygen atoms in total. The molecule has 1 saturated carbocycles. The first-order chi connectivity index (χ1) is 6.74. The molecule has 14 heavy (non-hydrogen) atoms. The van der Waals surface area contributed by atoms with Crippen molar-refractivity contribution in [2.75, 3.05) is 7.11 Å². The number of hydrogen-bond acceptors (Lipinski definition) is 2. The van der Waals surface area contributed by atoms with E-state index >= 15 is 0 Å². The fraction of sp³-hybridized carbons (Fsp3) is 0.583. The van der Waals surface area contributed by atoms with Crippen LogP contribution in [-0.2, 0) is 9.53 Å². The number of methoxy groups -OCH3 is 1. The van der Waals surface area contributed by atoms with Gasteiger partial charge in [0.2, 0.25) is 0 Å². The third-order valence-corrected chi connectivity index (χ3v) is 4.20. The van der Waals surface area contributed by atoms with Gasteiger partial charge in [0.25, 0.3) is 0 Å². The summed E-state index contributed by atoms with van der Waals surface area (Å²) in [7, 11) is 1.46. The molecule has 3 rings (SSSR count). The van der Waals surface area contributed by atoms with E-state index in [0.717, 1.165) is 12.0 Å². The third-order valence-electron chi connectivity index (χ3n) is 4.20. The zero-order valence-electron chi connectivity index (χ0n) is 8.38. The van der Waals surface area contributed by atoms with Gasteiger partial charge in [-0.05, 0) is 12.8 Å². The summed E-state index contributed by atoms with van der Waals surface area (Å²) < 4.78 is 4.81. The summed E-state index contributed by atoms with van der Waals surface area (Å²) >= 11 is 0. The van der Waals surface area contributed by atoms with Crippen LogP contribution < -0.4 is 0 Å². The molecule has 0 saturated heterocycles. The minimum absolute atomic E-state index is 0.0817. The first kappa shape index (κ1) is 8.27. The van der Waals surface area contributed by atoms with Gasteiger partial charge in [0.05, 0.1) is 7.11 Å². The number of carbonyl (C=O) groups is 1. The van der Waals surface area contributed by atoms with Gasteiger partial charge in [-0.15, -0.1) is 0 Å². The number of hydrogen-bond donors (Lipinski definition) is 0. The minimum Gasteiger partial charge on any atom is -0.466 e. The van der Waals surface area contributed by atoms with Gasteiger partial charge < -0.3 is 4.74 Å². The first-order valence-electron chi connectivity index (χ1n) is 5.26. The van der Waals surface area contributed by atoms with Crippen LogP contribution in [0, 0.1) is 10.8 Å². The molecule has 3 aliphatic rings. The Bertz CT molecular complexity index is 367. The van der Waals surface area contributed by atoms with Crippen LogP contribution in [0.2, 0.25) is 0 Å². The van der Waals surface area contributed by atoms with Crippen molar-refractivity contribution in [3.05, 3.63) is 23.8 Å². The third kappa shape index (κ3) is 0.646. The lowest BCUT2D eigenvalue weighted by Crippen LogP contribution is -2.56. The highest BCUT2D eigenvalue weighted by Crippen LogP contribution is 2.70. The van der Waals surface area contributed by atoms with E-state index in [2.05, 4.69) is 18.2 Å². The van der Waals surface area contributed by atoms with Crippen molar-refractivity contribution in [2.24, 2.45) is 10.8 Å². The van der Waals surface area contributed by atoms with E-state index in [-0.39, 0.29) is 16.8 Å². The molecule has 0 amide bonds. The first-order valence-corrected chi connectivity index (χ1v) is 5.26. The quantitative estimate of drug-likeness (QED) is 0.468. The van der Waals surface area contributed by atoms with Crippen molar-refractivity contribution in [2.45, 2.75) is 25.7 Å². The smallest absolute Gasteiger partial charge is 0.334 e. The maximum Gasteiger partial charge on any atom is 0.334 e. The van der Waals surface area contributed by atoms with E-state index in [4.69, 9.17) is 4.74 Å². The van der Waals surface area contributed by atoms with Crippen LogP contribution in [0.1, 0.15) is 25.7 Å². The number of esters is 1. The van der Waals surface area contributed by atoms with Crippen molar-refractivity contribution in [1.82, 2.24) is 0 Å². The summed E-state index contributed by atoms with van der Waals surface area (Å²) in [6, 6.07) is 0. The van der Waals surface area contributed by atoms with E-state index in [9.17, 15) is 4.79 Å². The van der Waals surface area contributed by atoms with Gasteiger partial charge in [-0.3, -0.25) is 0 Å². The molecule has 0 radical (unpaired) electrons. The van der Waals surface area contributed by atoms with Gasteiger partial charge in [0.1, 0.15) is 0 Å². The molecule has 2 unspecified atom stereocenters. The van der Waals surface area contributed by atoms with E-state index in [0.29, 0.717) is 0 Å². The van der Waals surface area contributed by atoms with Gasteiger partial charge in [-0.25, -0.2) is 4.79 Å². The van der Waals surface area contributed by atoms with Crippen molar-refractivity contribution < 1.29 is 9.53 Å². The van der Waals surface area contributed by atoms with Crippen molar-refractivity contribution in [3.63, 3.8) is 0 Å². The summed E-state index contributed by atoms with van der Waals surface area (Å²) in [4.78, 5) is 11.5. The van der Waals surface area contributed by atoms with Crippen molar-refractivity contribution in [3.8, 4) is 0 Å². The van der Waals surface area contributed by atoms with E-state index in [1.54, 1.807) is 0 Å². The Morgan fingerprint density at radius 3 is 2.71 bits per heavy atom. The summed E-state index contributed by atoms with van der Waals surface area (Å²) in [6.45, 7) is 0. The predicted molar refractivity (Wildman–Crippen MR) is 52.6 cm³/mol. The second-order valence-corrected chi connectivity index (χ2v) is 4.60. The van der Waals surface area contributed by atoms with Crippen LogP contribution in [0.4, 0.5) is 0 Å². The van der Waals surface area contributed by atoms with Gasteiger partial charge in [0, 0.05) is 16.4 Å². The van der Waals surface area contributed by atoms with Crippen LogP contribution in [0.15, 0.2) is 23.8 Å². The average Bonchev–Trinajstić information content (AvgIpc) is 2.15. The molecule has 0 spiro atoms. The lowest BCUT2D eigenvalue weighted by Gasteiger charge is -2.62. The maximum absolute atomic E-state index is 11.5. The zero-order valence-corrected chi connectivity index (χ0v) is 8.38. The zero-order chi connectivity index (χ0) is 9.81. The average molecular weight is 190 g/mol. The van der Waals surface area contributed by atoms with Crippen molar-refractivity contribution >= 4 is 5.97 Å². The fourth-order valence-electron chi connectivity index (χ4n) is 3.33. The molecule has 74 valence electrons. The molecule has 0 heterocycles. The Kier molecular flexibility index (Phi) is 1.36. The second-order valence-electron chi connectivity index (χ2n) is 4.60. The molecule has 0 aromatic carbocycles. The summed E-state index contributed by atoms with van der Waals surface area (Å²) in [6.07, 6.45) is 11.5. The maximum atomic E-state index is 11.5. The predicted octanol–water partition coefficient (Wildman–Crippen LogP) is 2.22. The van der Waals surface area contributed by atoms with Gasteiger partial charge in [-0.1, -0.05) is 31.1 Å². The second kappa shape index (κ2) is 2.30. The molecule has 2 heteroatoms. The van der Waals surface area contributed by atoms with Gasteiger partial charge in [-0.2, -0.15) is 0 Å². The van der Waals surface area contributed by atoms with Crippen LogP contribution >= 0.6 is 0 Å². The highest BCUT2D eigenvalue weighted by atomic mass is 16.5. The van der Waals surface area contributed by atoms with Crippen molar-refractivity contribution in [1.29, 1.82) is 0 Å². The molecule has 2 atom stereocenters. The minimum atomic E-state index is -0.133. The summed E-state index contributed by atoms with van der Waals surface area (Å²) in [5.41, 5.74) is 1.23. The van der Waals surface area contributed by atoms with E-state index in [1.807, 2.05) is 0 Å². The molecule has 3 aliphatic carbocycles. The molecule has 0 aromatic rings. The topological polar surface area (TPSA) is 26.3 Å². The number of ether oxygens (including phenoxy) is 1. The Balaban J connectivity index is 1.99. The number of allylic oxidation sites excluding steroid dienone is 3. The van der Waals surface area contributed by atoms with E-state index in [1.165, 1.54) is 26.4 Å². The Morgan fingerprint density at radius 2 is 2.14 bits per heavy atom. The highest BCUT2D eigenvalue weighted by molar-refractivity contribution is 5.95. The van der Waals surface area contributed by atoms with Crippen LogP contribution in [0.25, 0.3) is 0 Å². The molecular weight excluding hydrogens is 176 g/mol. The normalized spacial score (nSPS) is 42.5. The molecule has 1 fully saturated rings. The molecule has 0 aliphatic heterocycles. The number of carbonyl (C=O) groups excluding carboxylic acids is 1. The molecule has 0 N–H and O–H groups in total. The molecule has 0 aromatic heterocycles. The Labute approximate surface area is 83.6 Å². The molecular formula is C12H14O2. The lowest BCUT2D eigenvalue weighted by atomic mass is 9.40. The van der Waals surface area contributed by atoms with Crippen LogP contribution in [0.3, 0.4) is 0 Å². The standard InChI is InChI=1S/C12H14O2/c1-14-10(13)9-8-11-4-2-3-5-12(9,11)7-6-11/h6-8H,2-5H2,1H3. The number of rotatable bonds is 1. The van der Waals surface area contributed by atoms with Gasteiger partial charge >= 0.3 is 5.97 Å².